The largest absolute Gasteiger partial charge is 0.506 e. The third kappa shape index (κ3) is 5.93. The van der Waals surface area contributed by atoms with E-state index in [1.165, 1.54) is 24.3 Å². The lowest BCUT2D eigenvalue weighted by Crippen LogP contribution is -2.37. The van der Waals surface area contributed by atoms with Crippen molar-refractivity contribution in [2.45, 2.75) is 13.0 Å². The van der Waals surface area contributed by atoms with Crippen LogP contribution in [0.4, 0.5) is 10.1 Å². The number of rotatable bonds is 7. The minimum absolute atomic E-state index is 0.0269. The van der Waals surface area contributed by atoms with Gasteiger partial charge in [-0.3, -0.25) is 19.7 Å². The molecule has 0 aromatic heterocycles. The Morgan fingerprint density at radius 3 is 2.44 bits per heavy atom. The monoisotopic (exact) mass is 395 g/mol. The standard InChI is InChI=1S/C17H15ClFN3O5/c18-12-5-10(2-4-15(12)23)7-16(24)21-9-17(25)20-8-11-1-3-14(22(26)27)13(19)6-11/h1-6,23H,7-9H2,(H,20,25)(H,21,24). The van der Waals surface area contributed by atoms with Crippen molar-refractivity contribution in [3.63, 3.8) is 0 Å². The van der Waals surface area contributed by atoms with Crippen molar-refractivity contribution in [1.29, 1.82) is 0 Å². The summed E-state index contributed by atoms with van der Waals surface area (Å²) in [4.78, 5) is 33.3. The zero-order valence-electron chi connectivity index (χ0n) is 13.9. The number of nitrogens with one attached hydrogen (secondary N) is 2. The van der Waals surface area contributed by atoms with E-state index >= 15 is 0 Å². The predicted octanol–water partition coefficient (Wildman–Crippen LogP) is 2.07. The highest BCUT2D eigenvalue weighted by Crippen LogP contribution is 2.23. The van der Waals surface area contributed by atoms with Crippen LogP contribution < -0.4 is 10.6 Å². The molecule has 2 aromatic rings. The van der Waals surface area contributed by atoms with Gasteiger partial charge in [0.05, 0.1) is 22.9 Å². The number of aromatic hydroxyl groups is 1. The molecule has 27 heavy (non-hydrogen) atoms. The molecule has 2 rings (SSSR count). The molecule has 3 N–H and O–H groups in total. The average molecular weight is 396 g/mol. The third-order valence-corrected chi connectivity index (χ3v) is 3.82. The summed E-state index contributed by atoms with van der Waals surface area (Å²) >= 11 is 5.75. The first-order valence-corrected chi connectivity index (χ1v) is 8.07. The van der Waals surface area contributed by atoms with E-state index in [1.807, 2.05) is 0 Å². The Balaban J connectivity index is 1.78. The normalized spacial score (nSPS) is 10.3. The Labute approximate surface area is 158 Å². The van der Waals surface area contributed by atoms with Gasteiger partial charge in [-0.2, -0.15) is 4.39 Å². The van der Waals surface area contributed by atoms with Crippen LogP contribution in [0.25, 0.3) is 0 Å². The number of phenols is 1. The zero-order valence-corrected chi connectivity index (χ0v) is 14.6. The number of nitrogens with zero attached hydrogens (tertiary/aromatic N) is 1. The number of amides is 2. The molecule has 10 heteroatoms. The van der Waals surface area contributed by atoms with Crippen LogP contribution in [0.2, 0.25) is 5.02 Å². The highest BCUT2D eigenvalue weighted by Gasteiger charge is 2.14. The summed E-state index contributed by atoms with van der Waals surface area (Å²) in [6, 6.07) is 7.65. The lowest BCUT2D eigenvalue weighted by Gasteiger charge is -2.08. The van der Waals surface area contributed by atoms with Gasteiger partial charge in [0, 0.05) is 12.6 Å². The van der Waals surface area contributed by atoms with Gasteiger partial charge < -0.3 is 15.7 Å². The van der Waals surface area contributed by atoms with Crippen LogP contribution in [-0.4, -0.2) is 28.4 Å². The Kier molecular flexibility index (Phi) is 6.67. The van der Waals surface area contributed by atoms with Gasteiger partial charge in [-0.25, -0.2) is 0 Å². The van der Waals surface area contributed by atoms with Gasteiger partial charge in [0.2, 0.25) is 17.6 Å². The topological polar surface area (TPSA) is 122 Å². The molecular formula is C17H15ClFN3O5. The number of nitro groups is 1. The average Bonchev–Trinajstić information content (AvgIpc) is 2.61. The number of nitro benzene ring substituents is 1. The van der Waals surface area contributed by atoms with E-state index in [-0.39, 0.29) is 30.3 Å². The van der Waals surface area contributed by atoms with E-state index < -0.39 is 28.2 Å². The lowest BCUT2D eigenvalue weighted by atomic mass is 10.1. The predicted molar refractivity (Wildman–Crippen MR) is 94.7 cm³/mol. The van der Waals surface area contributed by atoms with Crippen LogP contribution in [0, 0.1) is 15.9 Å². The van der Waals surface area contributed by atoms with Gasteiger partial charge in [-0.15, -0.1) is 0 Å². The first-order valence-electron chi connectivity index (χ1n) is 7.70. The van der Waals surface area contributed by atoms with Crippen molar-refractivity contribution >= 4 is 29.1 Å². The fraction of sp³-hybridized carbons (Fsp3) is 0.176. The van der Waals surface area contributed by atoms with Crippen LogP contribution in [0.5, 0.6) is 5.75 Å². The molecule has 142 valence electrons. The lowest BCUT2D eigenvalue weighted by molar-refractivity contribution is -0.387. The number of hydrogen-bond acceptors (Lipinski definition) is 5. The SMILES string of the molecule is O=C(CNC(=O)Cc1ccc(O)c(Cl)c1)NCc1ccc([N+](=O)[O-])c(F)c1. The van der Waals surface area contributed by atoms with Gasteiger partial charge in [0.15, 0.2) is 0 Å². The number of hydrogen-bond donors (Lipinski definition) is 3. The van der Waals surface area contributed by atoms with E-state index in [0.717, 1.165) is 12.1 Å². The number of benzene rings is 2. The molecule has 0 unspecified atom stereocenters. The maximum absolute atomic E-state index is 13.5. The molecule has 8 nitrogen and oxygen atoms in total. The van der Waals surface area contributed by atoms with Crippen LogP contribution in [0.1, 0.15) is 11.1 Å². The van der Waals surface area contributed by atoms with E-state index in [0.29, 0.717) is 11.1 Å². The number of carbonyl (C=O) groups is 2. The number of phenolic OH excluding ortho intramolecular Hbond substituents is 1. The molecule has 0 saturated carbocycles. The minimum Gasteiger partial charge on any atom is -0.506 e. The van der Waals surface area contributed by atoms with Crippen LogP contribution in [-0.2, 0) is 22.6 Å². The van der Waals surface area contributed by atoms with Crippen molar-refractivity contribution in [2.24, 2.45) is 0 Å². The Bertz CT molecular complexity index is 891. The maximum atomic E-state index is 13.5. The molecule has 0 bridgehead atoms. The number of halogens is 2. The molecule has 0 radical (unpaired) electrons. The highest BCUT2D eigenvalue weighted by atomic mass is 35.5. The van der Waals surface area contributed by atoms with Crippen molar-refractivity contribution < 1.29 is 24.0 Å². The molecule has 0 fully saturated rings. The second kappa shape index (κ2) is 8.95. The summed E-state index contributed by atoms with van der Waals surface area (Å²) in [6.45, 7) is -0.336. The molecule has 0 aliphatic rings. The molecule has 2 aromatic carbocycles. The molecule has 0 spiro atoms. The molecule has 0 saturated heterocycles. The van der Waals surface area contributed by atoms with Crippen molar-refractivity contribution in [3.8, 4) is 5.75 Å². The minimum atomic E-state index is -0.993. The third-order valence-electron chi connectivity index (χ3n) is 3.52. The van der Waals surface area contributed by atoms with Crippen LogP contribution in [0.15, 0.2) is 36.4 Å². The zero-order chi connectivity index (χ0) is 20.0. The van der Waals surface area contributed by atoms with Crippen LogP contribution in [0.3, 0.4) is 0 Å². The summed E-state index contributed by atoms with van der Waals surface area (Å²) < 4.78 is 13.5. The van der Waals surface area contributed by atoms with Gasteiger partial charge in [-0.1, -0.05) is 23.7 Å². The number of carbonyl (C=O) groups excluding carboxylic acids is 2. The Morgan fingerprint density at radius 2 is 1.81 bits per heavy atom. The fourth-order valence-corrected chi connectivity index (χ4v) is 2.36. The van der Waals surface area contributed by atoms with Crippen molar-refractivity contribution in [1.82, 2.24) is 10.6 Å². The highest BCUT2D eigenvalue weighted by molar-refractivity contribution is 6.32. The Hall–Kier alpha value is -3.20. The molecule has 0 aliphatic heterocycles. The second-order valence-corrected chi connectivity index (χ2v) is 5.97. The first-order chi connectivity index (χ1) is 12.8. The van der Waals surface area contributed by atoms with E-state index in [9.17, 15) is 29.2 Å². The first kappa shape index (κ1) is 20.1. The molecule has 0 atom stereocenters. The summed E-state index contributed by atoms with van der Waals surface area (Å²) in [5, 5.41) is 24.9. The van der Waals surface area contributed by atoms with Crippen LogP contribution >= 0.6 is 11.6 Å². The van der Waals surface area contributed by atoms with E-state index in [4.69, 9.17) is 11.6 Å². The molecule has 2 amide bonds. The maximum Gasteiger partial charge on any atom is 0.304 e. The van der Waals surface area contributed by atoms with Gasteiger partial charge in [0.25, 0.3) is 0 Å². The van der Waals surface area contributed by atoms with Gasteiger partial charge in [0.1, 0.15) is 5.75 Å². The van der Waals surface area contributed by atoms with Crippen molar-refractivity contribution in [2.75, 3.05) is 6.54 Å². The van der Waals surface area contributed by atoms with Gasteiger partial charge in [-0.05, 0) is 29.3 Å². The van der Waals surface area contributed by atoms with Gasteiger partial charge >= 0.3 is 5.69 Å². The fourth-order valence-electron chi connectivity index (χ4n) is 2.16. The second-order valence-electron chi connectivity index (χ2n) is 5.56. The molecule has 0 heterocycles. The van der Waals surface area contributed by atoms with Crippen molar-refractivity contribution in [3.05, 3.63) is 68.5 Å². The molecule has 0 aliphatic carbocycles. The summed E-state index contributed by atoms with van der Waals surface area (Å²) in [6.07, 6.45) is -0.0269. The van der Waals surface area contributed by atoms with E-state index in [2.05, 4.69) is 10.6 Å². The van der Waals surface area contributed by atoms with E-state index in [1.54, 1.807) is 0 Å². The molecular weight excluding hydrogens is 381 g/mol. The Morgan fingerprint density at radius 1 is 1.11 bits per heavy atom. The summed E-state index contributed by atoms with van der Waals surface area (Å²) in [7, 11) is 0. The summed E-state index contributed by atoms with van der Waals surface area (Å²) in [5.74, 6) is -2.02. The quantitative estimate of drug-likeness (QED) is 0.489. The smallest absolute Gasteiger partial charge is 0.304 e. The summed E-state index contributed by atoms with van der Waals surface area (Å²) in [5.41, 5.74) is 0.264.